The van der Waals surface area contributed by atoms with Crippen LogP contribution in [-0.4, -0.2) is 34.3 Å². The lowest BCUT2D eigenvalue weighted by atomic mass is 10.0. The van der Waals surface area contributed by atoms with Gasteiger partial charge in [-0.1, -0.05) is 19.8 Å². The molecule has 0 aliphatic rings. The molecule has 0 radical (unpaired) electrons. The number of rotatable bonds is 6. The van der Waals surface area contributed by atoms with E-state index in [1.54, 1.807) is 0 Å². The van der Waals surface area contributed by atoms with E-state index in [4.69, 9.17) is 4.74 Å². The van der Waals surface area contributed by atoms with E-state index in [0.717, 1.165) is 17.3 Å². The minimum atomic E-state index is -0.553. The Morgan fingerprint density at radius 2 is 1.90 bits per heavy atom. The molecule has 0 heterocycles. The fourth-order valence-electron chi connectivity index (χ4n) is 2.19. The van der Waals surface area contributed by atoms with E-state index in [1.807, 2.05) is 18.2 Å². The van der Waals surface area contributed by atoms with E-state index in [1.165, 1.54) is 31.1 Å². The van der Waals surface area contributed by atoms with Gasteiger partial charge in [0.15, 0.2) is 0 Å². The number of unbranched alkanes of at least 4 members (excludes halogenated alkanes) is 2. The van der Waals surface area contributed by atoms with E-state index in [-0.39, 0.29) is 24.0 Å². The molecule has 1 aromatic rings. The van der Waals surface area contributed by atoms with Crippen molar-refractivity contribution in [1.29, 1.82) is 0 Å². The summed E-state index contributed by atoms with van der Waals surface area (Å²) in [6.07, 6.45) is 4.02. The first kappa shape index (κ1) is 20.2. The van der Waals surface area contributed by atoms with Crippen molar-refractivity contribution in [3.63, 3.8) is 0 Å². The van der Waals surface area contributed by atoms with Gasteiger partial charge in [-0.2, -0.15) is 0 Å². The van der Waals surface area contributed by atoms with Gasteiger partial charge in [0.25, 0.3) is 0 Å². The van der Waals surface area contributed by atoms with Crippen LogP contribution in [0.3, 0.4) is 0 Å². The predicted molar refractivity (Wildman–Crippen MR) is 98.6 cm³/mol. The maximum Gasteiger partial charge on any atom is 0.149 e. The van der Waals surface area contributed by atoms with Crippen LogP contribution in [0.25, 0.3) is 0 Å². The summed E-state index contributed by atoms with van der Waals surface area (Å²) in [6.45, 7) is 2.20. The van der Waals surface area contributed by atoms with Gasteiger partial charge in [-0.05, 0) is 25.0 Å². The van der Waals surface area contributed by atoms with Gasteiger partial charge in [-0.15, -0.1) is 24.0 Å². The number of benzene rings is 1. The summed E-state index contributed by atoms with van der Waals surface area (Å²) >= 11 is 0. The molecule has 0 amide bonds. The average molecular weight is 406 g/mol. The van der Waals surface area contributed by atoms with Gasteiger partial charge in [0.1, 0.15) is 11.8 Å². The fraction of sp³-hybridized carbons (Fsp3) is 0.562. The van der Waals surface area contributed by atoms with Crippen LogP contribution in [0, 0.1) is 0 Å². The molecule has 0 aliphatic carbocycles. The number of quaternary nitrogens is 1. The predicted octanol–water partition coefficient (Wildman–Crippen LogP) is 2.96. The molecule has 1 rings (SSSR count). The molecule has 21 heavy (non-hydrogen) atoms. The molecule has 0 saturated heterocycles. The zero-order chi connectivity index (χ0) is 15.2. The highest BCUT2D eigenvalue weighted by atomic mass is 127. The van der Waals surface area contributed by atoms with Crippen molar-refractivity contribution >= 4 is 35.7 Å². The minimum Gasteiger partial charge on any atom is -0.567 e. The summed E-state index contributed by atoms with van der Waals surface area (Å²) in [6, 6.07) is 5.85. The molecule has 0 N–H and O–H groups in total. The summed E-state index contributed by atoms with van der Waals surface area (Å²) in [5.74, 6) is 0.573. The Kier molecular flexibility index (Phi) is 8.89. The van der Waals surface area contributed by atoms with Crippen molar-refractivity contribution < 1.29 is 9.84 Å². The van der Waals surface area contributed by atoms with Crippen molar-refractivity contribution in [1.82, 2.24) is 4.48 Å². The molecule has 0 atom stereocenters. The van der Waals surface area contributed by atoms with Crippen LogP contribution >= 0.6 is 24.0 Å². The SMILES string of the molecule is CCCCCc1cc(OC([O-])=NC)ccc1[N+](C)(C)C.I. The molecule has 0 saturated carbocycles. The molecule has 0 aromatic heterocycles. The first-order valence-electron chi connectivity index (χ1n) is 7.15. The van der Waals surface area contributed by atoms with Crippen molar-refractivity contribution in [2.24, 2.45) is 4.99 Å². The largest absolute Gasteiger partial charge is 0.567 e. The second-order valence-electron chi connectivity index (χ2n) is 5.85. The van der Waals surface area contributed by atoms with E-state index >= 15 is 0 Å². The van der Waals surface area contributed by atoms with E-state index in [2.05, 4.69) is 33.1 Å². The number of halogens is 1. The molecular weight excluding hydrogens is 379 g/mol. The Balaban J connectivity index is 0.00000400. The van der Waals surface area contributed by atoms with Gasteiger partial charge in [-0.25, -0.2) is 0 Å². The molecule has 0 spiro atoms. The number of aryl methyl sites for hydroxylation is 1. The van der Waals surface area contributed by atoms with Crippen LogP contribution in [0.2, 0.25) is 0 Å². The normalized spacial score (nSPS) is 12.0. The number of aliphatic imine (C=N–C) groups is 1. The van der Waals surface area contributed by atoms with Crippen LogP contribution in [0.1, 0.15) is 31.7 Å². The van der Waals surface area contributed by atoms with Gasteiger partial charge in [-0.3, -0.25) is 9.48 Å². The zero-order valence-corrected chi connectivity index (χ0v) is 16.0. The van der Waals surface area contributed by atoms with Gasteiger partial charge in [0.05, 0.1) is 21.1 Å². The maximum atomic E-state index is 11.2. The topological polar surface area (TPSA) is 44.6 Å². The number of hydrogen-bond acceptors (Lipinski definition) is 3. The third-order valence-electron chi connectivity index (χ3n) is 3.21. The molecular formula is C16H27IN2O2. The third-order valence-corrected chi connectivity index (χ3v) is 3.21. The summed E-state index contributed by atoms with van der Waals surface area (Å²) in [7, 11) is 7.87. The van der Waals surface area contributed by atoms with Crippen molar-refractivity contribution in [3.05, 3.63) is 23.8 Å². The lowest BCUT2D eigenvalue weighted by molar-refractivity contribution is -0.240. The van der Waals surface area contributed by atoms with Gasteiger partial charge in [0.2, 0.25) is 0 Å². The Bertz CT molecular complexity index is 468. The summed E-state index contributed by atoms with van der Waals surface area (Å²) < 4.78 is 5.92. The first-order chi connectivity index (χ1) is 9.38. The molecule has 4 nitrogen and oxygen atoms in total. The summed E-state index contributed by atoms with van der Waals surface area (Å²) in [4.78, 5) is 3.49. The maximum absolute atomic E-state index is 11.2. The van der Waals surface area contributed by atoms with Crippen molar-refractivity contribution in [3.8, 4) is 5.75 Å². The van der Waals surface area contributed by atoms with E-state index in [0.29, 0.717) is 5.75 Å². The Morgan fingerprint density at radius 1 is 1.24 bits per heavy atom. The van der Waals surface area contributed by atoms with E-state index in [9.17, 15) is 5.11 Å². The average Bonchev–Trinajstić information content (AvgIpc) is 2.37. The Morgan fingerprint density at radius 3 is 2.43 bits per heavy atom. The standard InChI is InChI=1S/C16H26N2O2.HI/c1-6-7-8-9-13-12-14(20-16(19)17-2)10-11-15(13)18(3,4)5;/h10-12H,6-9H2,1-5H3;1H. The van der Waals surface area contributed by atoms with Crippen molar-refractivity contribution in [2.45, 2.75) is 32.6 Å². The fourth-order valence-corrected chi connectivity index (χ4v) is 2.19. The quantitative estimate of drug-likeness (QED) is 0.240. The number of hydrogen-bond donors (Lipinski definition) is 0. The highest BCUT2D eigenvalue weighted by molar-refractivity contribution is 14.0. The second-order valence-corrected chi connectivity index (χ2v) is 5.85. The highest BCUT2D eigenvalue weighted by Crippen LogP contribution is 2.28. The third kappa shape index (κ3) is 6.65. The first-order valence-corrected chi connectivity index (χ1v) is 7.15. The van der Waals surface area contributed by atoms with Crippen LogP contribution in [0.4, 0.5) is 5.69 Å². The molecule has 0 fully saturated rings. The number of nitrogens with zero attached hydrogens (tertiary/aromatic N) is 2. The smallest absolute Gasteiger partial charge is 0.149 e. The zero-order valence-electron chi connectivity index (χ0n) is 13.7. The molecule has 120 valence electrons. The molecule has 1 aromatic carbocycles. The van der Waals surface area contributed by atoms with Crippen molar-refractivity contribution in [2.75, 3.05) is 28.2 Å². The second kappa shape index (κ2) is 9.25. The molecule has 5 heteroatoms. The van der Waals surface area contributed by atoms with Gasteiger partial charge >= 0.3 is 0 Å². The van der Waals surface area contributed by atoms with Gasteiger partial charge < -0.3 is 9.84 Å². The molecule has 0 aliphatic heterocycles. The summed E-state index contributed by atoms with van der Waals surface area (Å²) in [5, 5.41) is 11.2. The molecule has 0 bridgehead atoms. The Hall–Kier alpha value is -0.820. The lowest BCUT2D eigenvalue weighted by Crippen LogP contribution is -2.35. The summed E-state index contributed by atoms with van der Waals surface area (Å²) in [5.41, 5.74) is 2.50. The highest BCUT2D eigenvalue weighted by Gasteiger charge is 2.17. The molecule has 0 unspecified atom stereocenters. The van der Waals surface area contributed by atoms with Gasteiger partial charge in [0, 0.05) is 24.4 Å². The monoisotopic (exact) mass is 406 g/mol. The van der Waals surface area contributed by atoms with E-state index < -0.39 is 6.08 Å². The van der Waals surface area contributed by atoms with Crippen LogP contribution < -0.4 is 14.3 Å². The van der Waals surface area contributed by atoms with Crippen LogP contribution in [-0.2, 0) is 6.42 Å². The Labute approximate surface area is 145 Å². The number of ether oxygens (including phenoxy) is 1. The van der Waals surface area contributed by atoms with Crippen LogP contribution in [0.15, 0.2) is 23.2 Å². The lowest BCUT2D eigenvalue weighted by Gasteiger charge is -2.27. The van der Waals surface area contributed by atoms with Crippen LogP contribution in [0.5, 0.6) is 5.75 Å². The minimum absolute atomic E-state index is 0.